The SMILES string of the molecule is C=C(CCC(=O)C(C)C(=O)OC)C1CCC(C)=C1C=O. The maximum absolute atomic E-state index is 11.9. The van der Waals surface area contributed by atoms with Gasteiger partial charge < -0.3 is 4.74 Å². The van der Waals surface area contributed by atoms with E-state index in [0.29, 0.717) is 6.42 Å². The Morgan fingerprint density at radius 1 is 1.45 bits per heavy atom. The molecule has 0 saturated carbocycles. The third-order valence-electron chi connectivity index (χ3n) is 4.03. The van der Waals surface area contributed by atoms with E-state index in [2.05, 4.69) is 11.3 Å². The number of aldehydes is 1. The van der Waals surface area contributed by atoms with Crippen molar-refractivity contribution in [2.75, 3.05) is 7.11 Å². The Morgan fingerprint density at radius 3 is 2.65 bits per heavy atom. The molecule has 0 aromatic carbocycles. The molecule has 2 unspecified atom stereocenters. The standard InChI is InChI=1S/C16H22O4/c1-10(13-7-5-11(2)14(13)9-17)6-8-15(18)12(3)16(19)20-4/h9,12-13H,1,5-8H2,2-4H3. The lowest BCUT2D eigenvalue weighted by atomic mass is 9.89. The first-order valence-electron chi connectivity index (χ1n) is 6.85. The first-order chi connectivity index (χ1) is 9.42. The largest absolute Gasteiger partial charge is 0.468 e. The summed E-state index contributed by atoms with van der Waals surface area (Å²) in [6, 6.07) is 0. The van der Waals surface area contributed by atoms with Gasteiger partial charge in [-0.25, -0.2) is 0 Å². The summed E-state index contributed by atoms with van der Waals surface area (Å²) in [6.45, 7) is 7.51. The van der Waals surface area contributed by atoms with E-state index in [1.165, 1.54) is 7.11 Å². The van der Waals surface area contributed by atoms with Crippen molar-refractivity contribution in [3.05, 3.63) is 23.3 Å². The fourth-order valence-corrected chi connectivity index (χ4v) is 2.55. The molecule has 0 bridgehead atoms. The van der Waals surface area contributed by atoms with Crippen molar-refractivity contribution in [2.24, 2.45) is 11.8 Å². The van der Waals surface area contributed by atoms with Gasteiger partial charge in [0, 0.05) is 12.3 Å². The van der Waals surface area contributed by atoms with Crippen LogP contribution in [0, 0.1) is 11.8 Å². The normalized spacial score (nSPS) is 19.6. The Bertz CT molecular complexity index is 459. The van der Waals surface area contributed by atoms with Crippen molar-refractivity contribution in [2.45, 2.75) is 39.5 Å². The van der Waals surface area contributed by atoms with Gasteiger partial charge in [-0.3, -0.25) is 14.4 Å². The van der Waals surface area contributed by atoms with Crippen LogP contribution in [-0.2, 0) is 19.1 Å². The lowest BCUT2D eigenvalue weighted by molar-refractivity contribution is -0.148. The van der Waals surface area contributed by atoms with Crippen LogP contribution in [-0.4, -0.2) is 25.1 Å². The molecule has 0 heterocycles. The Labute approximate surface area is 119 Å². The van der Waals surface area contributed by atoms with Crippen LogP contribution in [0.1, 0.15) is 39.5 Å². The molecule has 0 aliphatic heterocycles. The molecule has 4 heteroatoms. The molecule has 1 aliphatic rings. The van der Waals surface area contributed by atoms with Gasteiger partial charge >= 0.3 is 5.97 Å². The highest BCUT2D eigenvalue weighted by atomic mass is 16.5. The summed E-state index contributed by atoms with van der Waals surface area (Å²) < 4.78 is 4.55. The first-order valence-corrected chi connectivity index (χ1v) is 6.85. The summed E-state index contributed by atoms with van der Waals surface area (Å²) >= 11 is 0. The van der Waals surface area contributed by atoms with Crippen LogP contribution in [0.5, 0.6) is 0 Å². The molecule has 1 rings (SSSR count). The van der Waals surface area contributed by atoms with E-state index in [4.69, 9.17) is 0 Å². The zero-order valence-electron chi connectivity index (χ0n) is 12.4. The number of carbonyl (C=O) groups excluding carboxylic acids is 3. The number of hydrogen-bond acceptors (Lipinski definition) is 4. The molecule has 1 aliphatic carbocycles. The van der Waals surface area contributed by atoms with Gasteiger partial charge in [0.05, 0.1) is 7.11 Å². The molecular formula is C16H22O4. The van der Waals surface area contributed by atoms with E-state index >= 15 is 0 Å². The Balaban J connectivity index is 2.54. The lowest BCUT2D eigenvalue weighted by Crippen LogP contribution is -2.22. The third kappa shape index (κ3) is 3.65. The number of carbonyl (C=O) groups is 3. The zero-order chi connectivity index (χ0) is 15.3. The lowest BCUT2D eigenvalue weighted by Gasteiger charge is -2.15. The molecule has 110 valence electrons. The highest BCUT2D eigenvalue weighted by Crippen LogP contribution is 2.36. The molecular weight excluding hydrogens is 256 g/mol. The van der Waals surface area contributed by atoms with Crippen molar-refractivity contribution in [1.29, 1.82) is 0 Å². The van der Waals surface area contributed by atoms with E-state index in [1.54, 1.807) is 6.92 Å². The molecule has 4 nitrogen and oxygen atoms in total. The quantitative estimate of drug-likeness (QED) is 0.311. The molecule has 0 aromatic rings. The fraction of sp³-hybridized carbons (Fsp3) is 0.562. The van der Waals surface area contributed by atoms with E-state index in [0.717, 1.165) is 35.8 Å². The smallest absolute Gasteiger partial charge is 0.315 e. The Morgan fingerprint density at radius 2 is 2.10 bits per heavy atom. The van der Waals surface area contributed by atoms with Crippen molar-refractivity contribution >= 4 is 18.0 Å². The van der Waals surface area contributed by atoms with Gasteiger partial charge in [-0.1, -0.05) is 17.7 Å². The Hall–Kier alpha value is -1.71. The maximum Gasteiger partial charge on any atom is 0.315 e. The molecule has 20 heavy (non-hydrogen) atoms. The second-order valence-electron chi connectivity index (χ2n) is 5.31. The average molecular weight is 278 g/mol. The van der Waals surface area contributed by atoms with E-state index < -0.39 is 11.9 Å². The van der Waals surface area contributed by atoms with Crippen LogP contribution in [0.4, 0.5) is 0 Å². The van der Waals surface area contributed by atoms with Gasteiger partial charge in [-0.05, 0) is 38.7 Å². The van der Waals surface area contributed by atoms with Crippen molar-refractivity contribution in [3.8, 4) is 0 Å². The van der Waals surface area contributed by atoms with Crippen molar-refractivity contribution in [1.82, 2.24) is 0 Å². The molecule has 0 saturated heterocycles. The minimum atomic E-state index is -0.737. The zero-order valence-corrected chi connectivity index (χ0v) is 12.4. The third-order valence-corrected chi connectivity index (χ3v) is 4.03. The van der Waals surface area contributed by atoms with Gasteiger partial charge in [0.1, 0.15) is 18.0 Å². The first kappa shape index (κ1) is 16.3. The average Bonchev–Trinajstić information content (AvgIpc) is 2.83. The summed E-state index contributed by atoms with van der Waals surface area (Å²) in [5.74, 6) is -1.33. The van der Waals surface area contributed by atoms with Gasteiger partial charge in [0.2, 0.25) is 0 Å². The summed E-state index contributed by atoms with van der Waals surface area (Å²) in [4.78, 5) is 34.2. The van der Waals surface area contributed by atoms with Crippen LogP contribution in [0.2, 0.25) is 0 Å². The number of hydrogen-bond donors (Lipinski definition) is 0. The van der Waals surface area contributed by atoms with Crippen LogP contribution in [0.3, 0.4) is 0 Å². The molecule has 0 aromatic heterocycles. The predicted octanol–water partition coefficient (Wildman–Crippen LogP) is 2.63. The van der Waals surface area contributed by atoms with Crippen LogP contribution in [0.15, 0.2) is 23.3 Å². The molecule has 0 fully saturated rings. The van der Waals surface area contributed by atoms with Gasteiger partial charge in [0.25, 0.3) is 0 Å². The predicted molar refractivity (Wildman–Crippen MR) is 76.0 cm³/mol. The van der Waals surface area contributed by atoms with Crippen LogP contribution >= 0.6 is 0 Å². The van der Waals surface area contributed by atoms with Gasteiger partial charge in [0.15, 0.2) is 0 Å². The molecule has 0 spiro atoms. The van der Waals surface area contributed by atoms with Crippen molar-refractivity contribution in [3.63, 3.8) is 0 Å². The number of methoxy groups -OCH3 is 1. The number of Topliss-reactive ketones (excluding diaryl/α,β-unsaturated/α-hetero) is 1. The highest BCUT2D eigenvalue weighted by molar-refractivity contribution is 5.98. The summed E-state index contributed by atoms with van der Waals surface area (Å²) in [5.41, 5.74) is 2.82. The topological polar surface area (TPSA) is 60.4 Å². The highest BCUT2D eigenvalue weighted by Gasteiger charge is 2.27. The molecule has 2 atom stereocenters. The van der Waals surface area contributed by atoms with Crippen LogP contribution < -0.4 is 0 Å². The van der Waals surface area contributed by atoms with E-state index in [-0.39, 0.29) is 18.1 Å². The number of esters is 1. The van der Waals surface area contributed by atoms with E-state index in [1.807, 2.05) is 6.92 Å². The molecule has 0 radical (unpaired) electrons. The molecule has 0 amide bonds. The summed E-state index contributed by atoms with van der Waals surface area (Å²) in [5, 5.41) is 0. The number of allylic oxidation sites excluding steroid dienone is 3. The van der Waals surface area contributed by atoms with Gasteiger partial charge in [-0.2, -0.15) is 0 Å². The van der Waals surface area contributed by atoms with Gasteiger partial charge in [-0.15, -0.1) is 0 Å². The Kier molecular flexibility index (Phi) is 5.86. The van der Waals surface area contributed by atoms with Crippen LogP contribution in [0.25, 0.3) is 0 Å². The minimum absolute atomic E-state index is 0.0636. The summed E-state index contributed by atoms with van der Waals surface area (Å²) in [6.07, 6.45) is 3.47. The van der Waals surface area contributed by atoms with E-state index in [9.17, 15) is 14.4 Å². The summed E-state index contributed by atoms with van der Waals surface area (Å²) in [7, 11) is 1.27. The monoisotopic (exact) mass is 278 g/mol. The van der Waals surface area contributed by atoms with Crippen molar-refractivity contribution < 1.29 is 19.1 Å². The number of ether oxygens (including phenoxy) is 1. The maximum atomic E-state index is 11.9. The molecule has 0 N–H and O–H groups in total. The number of ketones is 1. The fourth-order valence-electron chi connectivity index (χ4n) is 2.55. The second-order valence-corrected chi connectivity index (χ2v) is 5.31. The number of rotatable bonds is 7. The minimum Gasteiger partial charge on any atom is -0.468 e. The second kappa shape index (κ2) is 7.17.